The summed E-state index contributed by atoms with van der Waals surface area (Å²) in [5, 5.41) is 5.54. The summed E-state index contributed by atoms with van der Waals surface area (Å²) in [5.74, 6) is 0.0946. The van der Waals surface area contributed by atoms with Crippen LogP contribution in [0, 0.1) is 0 Å². The second-order valence-corrected chi connectivity index (χ2v) is 9.42. The molecule has 0 N–H and O–H groups in total. The summed E-state index contributed by atoms with van der Waals surface area (Å²) < 4.78 is 32.2. The maximum absolute atomic E-state index is 12.7. The Kier molecular flexibility index (Phi) is 5.25. The molecule has 2 aromatic carbocycles. The van der Waals surface area contributed by atoms with Gasteiger partial charge in [0, 0.05) is 21.5 Å². The number of benzene rings is 2. The Morgan fingerprint density at radius 2 is 1.44 bits per heavy atom. The van der Waals surface area contributed by atoms with E-state index in [9.17, 15) is 8.42 Å². The summed E-state index contributed by atoms with van der Waals surface area (Å²) in [6.45, 7) is 5.96. The maximum Gasteiger partial charge on any atom is 0.340 e. The van der Waals surface area contributed by atoms with E-state index in [1.54, 1.807) is 30.3 Å². The molecule has 8 heteroatoms. The molecule has 0 fully saturated rings. The highest BCUT2D eigenvalue weighted by molar-refractivity contribution is 7.87. The molecule has 0 spiro atoms. The molecular formula is C19H18Cl2N2O3S. The highest BCUT2D eigenvalue weighted by atomic mass is 35.5. The van der Waals surface area contributed by atoms with Gasteiger partial charge in [-0.1, -0.05) is 44.0 Å². The highest BCUT2D eigenvalue weighted by Crippen LogP contribution is 2.30. The van der Waals surface area contributed by atoms with E-state index >= 15 is 0 Å². The molecule has 0 aliphatic rings. The van der Waals surface area contributed by atoms with Crippen LogP contribution in [-0.2, 0) is 15.5 Å². The average molecular weight is 425 g/mol. The zero-order valence-electron chi connectivity index (χ0n) is 15.0. The van der Waals surface area contributed by atoms with Crippen molar-refractivity contribution in [1.29, 1.82) is 0 Å². The van der Waals surface area contributed by atoms with Crippen LogP contribution in [0.3, 0.4) is 0 Å². The zero-order valence-corrected chi connectivity index (χ0v) is 17.3. The van der Waals surface area contributed by atoms with Crippen molar-refractivity contribution in [3.63, 3.8) is 0 Å². The van der Waals surface area contributed by atoms with Gasteiger partial charge >= 0.3 is 10.1 Å². The van der Waals surface area contributed by atoms with E-state index in [0.717, 1.165) is 0 Å². The van der Waals surface area contributed by atoms with Gasteiger partial charge in [-0.15, -0.1) is 0 Å². The third kappa shape index (κ3) is 4.46. The first-order valence-electron chi connectivity index (χ1n) is 8.13. The van der Waals surface area contributed by atoms with Gasteiger partial charge in [-0.25, -0.2) is 0 Å². The van der Waals surface area contributed by atoms with E-state index < -0.39 is 10.1 Å². The minimum atomic E-state index is -4.05. The van der Waals surface area contributed by atoms with Gasteiger partial charge in [0.25, 0.3) is 0 Å². The number of aromatic nitrogens is 2. The normalized spacial score (nSPS) is 12.2. The molecule has 142 valence electrons. The second-order valence-electron chi connectivity index (χ2n) is 7.00. The fraction of sp³-hybridized carbons (Fsp3) is 0.211. The molecule has 0 radical (unpaired) electrons. The lowest BCUT2D eigenvalue weighted by molar-refractivity contribution is 0.464. The van der Waals surface area contributed by atoms with Crippen molar-refractivity contribution >= 4 is 33.3 Å². The van der Waals surface area contributed by atoms with E-state index in [4.69, 9.17) is 27.4 Å². The molecule has 5 nitrogen and oxygen atoms in total. The lowest BCUT2D eigenvalue weighted by Crippen LogP contribution is -2.13. The first-order valence-corrected chi connectivity index (χ1v) is 10.3. The van der Waals surface area contributed by atoms with E-state index in [-0.39, 0.29) is 16.2 Å². The van der Waals surface area contributed by atoms with Crippen LogP contribution < -0.4 is 4.18 Å². The topological polar surface area (TPSA) is 61.2 Å². The molecule has 3 rings (SSSR count). The van der Waals surface area contributed by atoms with E-state index in [2.05, 4.69) is 5.10 Å². The van der Waals surface area contributed by atoms with Gasteiger partial charge in [-0.05, 0) is 48.5 Å². The fourth-order valence-electron chi connectivity index (χ4n) is 2.32. The van der Waals surface area contributed by atoms with Crippen molar-refractivity contribution in [2.24, 2.45) is 0 Å². The molecule has 27 heavy (non-hydrogen) atoms. The quantitative estimate of drug-likeness (QED) is 0.536. The van der Waals surface area contributed by atoms with Crippen molar-refractivity contribution in [2.75, 3.05) is 0 Å². The number of hydrogen-bond donors (Lipinski definition) is 0. The molecule has 0 saturated carbocycles. The Hall–Kier alpha value is -2.02. The van der Waals surface area contributed by atoms with Crippen LogP contribution in [0.5, 0.6) is 5.88 Å². The Morgan fingerprint density at radius 1 is 0.926 bits per heavy atom. The maximum atomic E-state index is 12.7. The highest BCUT2D eigenvalue weighted by Gasteiger charge is 2.25. The SMILES string of the molecule is CC(C)(C)c1cc(OS(=O)(=O)c2ccc(Cl)cc2)n(-c2ccc(Cl)cc2)n1. The number of halogens is 2. The summed E-state index contributed by atoms with van der Waals surface area (Å²) in [6, 6.07) is 14.3. The average Bonchev–Trinajstić information content (AvgIpc) is 2.99. The Morgan fingerprint density at radius 3 is 1.96 bits per heavy atom. The molecule has 0 atom stereocenters. The van der Waals surface area contributed by atoms with Crippen molar-refractivity contribution < 1.29 is 12.6 Å². The van der Waals surface area contributed by atoms with Crippen LogP contribution in [0.25, 0.3) is 5.69 Å². The van der Waals surface area contributed by atoms with Crippen LogP contribution in [0.4, 0.5) is 0 Å². The first kappa shape index (κ1) is 19.7. The van der Waals surface area contributed by atoms with Gasteiger partial charge in [0.15, 0.2) is 0 Å². The molecular weight excluding hydrogens is 407 g/mol. The van der Waals surface area contributed by atoms with Crippen molar-refractivity contribution in [3.05, 3.63) is 70.3 Å². The smallest absolute Gasteiger partial charge is 0.340 e. The Bertz CT molecular complexity index is 1050. The molecule has 0 aliphatic carbocycles. The zero-order chi connectivity index (χ0) is 19.8. The first-order chi connectivity index (χ1) is 12.6. The van der Waals surface area contributed by atoms with Gasteiger partial charge in [0.2, 0.25) is 5.88 Å². The largest absolute Gasteiger partial charge is 0.358 e. The minimum Gasteiger partial charge on any atom is -0.358 e. The molecule has 0 saturated heterocycles. The summed E-state index contributed by atoms with van der Waals surface area (Å²) >= 11 is 11.8. The summed E-state index contributed by atoms with van der Waals surface area (Å²) in [5.41, 5.74) is 1.04. The monoisotopic (exact) mass is 424 g/mol. The molecule has 0 bridgehead atoms. The summed E-state index contributed by atoms with van der Waals surface area (Å²) in [7, 11) is -4.05. The number of hydrogen-bond acceptors (Lipinski definition) is 4. The molecule has 0 aliphatic heterocycles. The van der Waals surface area contributed by atoms with Crippen molar-refractivity contribution in [3.8, 4) is 11.6 Å². The van der Waals surface area contributed by atoms with Gasteiger partial charge in [0.1, 0.15) is 4.90 Å². The lowest BCUT2D eigenvalue weighted by atomic mass is 9.93. The standard InChI is InChI=1S/C19H18Cl2N2O3S/c1-19(2,3)17-12-18(23(22-17)15-8-4-13(20)5-9-15)26-27(24,25)16-10-6-14(21)7-11-16/h4-12H,1-3H3. The molecule has 1 heterocycles. The van der Waals surface area contributed by atoms with E-state index in [1.165, 1.54) is 28.9 Å². The van der Waals surface area contributed by atoms with E-state index in [1.807, 2.05) is 20.8 Å². The van der Waals surface area contributed by atoms with Gasteiger partial charge in [0.05, 0.1) is 11.4 Å². The third-order valence-corrected chi connectivity index (χ3v) is 5.56. The molecule has 0 unspecified atom stereocenters. The molecule has 1 aromatic heterocycles. The van der Waals surface area contributed by atoms with Crippen LogP contribution in [0.1, 0.15) is 26.5 Å². The number of nitrogens with zero attached hydrogens (tertiary/aromatic N) is 2. The van der Waals surface area contributed by atoms with E-state index in [0.29, 0.717) is 21.4 Å². The minimum absolute atomic E-state index is 0.00747. The van der Waals surface area contributed by atoms with Crippen molar-refractivity contribution in [1.82, 2.24) is 9.78 Å². The molecule has 0 amide bonds. The Balaban J connectivity index is 2.07. The van der Waals surface area contributed by atoms with Crippen molar-refractivity contribution in [2.45, 2.75) is 31.1 Å². The Labute approximate surface area is 168 Å². The third-order valence-electron chi connectivity index (χ3n) is 3.81. The van der Waals surface area contributed by atoms with Crippen LogP contribution >= 0.6 is 23.2 Å². The molecule has 3 aromatic rings. The predicted molar refractivity (Wildman–Crippen MR) is 107 cm³/mol. The summed E-state index contributed by atoms with van der Waals surface area (Å²) in [6.07, 6.45) is 0. The van der Waals surface area contributed by atoms with Crippen LogP contribution in [0.15, 0.2) is 59.5 Å². The van der Waals surface area contributed by atoms with Crippen LogP contribution in [-0.4, -0.2) is 18.2 Å². The second kappa shape index (κ2) is 7.19. The van der Waals surface area contributed by atoms with Gasteiger partial charge in [-0.3, -0.25) is 0 Å². The lowest BCUT2D eigenvalue weighted by Gasteiger charge is -2.13. The van der Waals surface area contributed by atoms with Crippen LogP contribution in [0.2, 0.25) is 10.0 Å². The number of rotatable bonds is 4. The predicted octanol–water partition coefficient (Wildman–Crippen LogP) is 5.24. The summed E-state index contributed by atoms with van der Waals surface area (Å²) in [4.78, 5) is 0.00747. The van der Waals surface area contributed by atoms with Gasteiger partial charge < -0.3 is 4.18 Å². The van der Waals surface area contributed by atoms with Gasteiger partial charge in [-0.2, -0.15) is 18.2 Å². The fourth-order valence-corrected chi connectivity index (χ4v) is 3.48.